The number of nitrogens with one attached hydrogen (secondary N) is 3. The molecule has 3 heterocycles. The molecule has 2 aliphatic rings. The smallest absolute Gasteiger partial charge is 0.322 e. The molecule has 3 amide bonds. The third-order valence-corrected chi connectivity index (χ3v) is 4.72. The van der Waals surface area contributed by atoms with E-state index in [2.05, 4.69) is 15.6 Å². The molecule has 0 saturated carbocycles. The van der Waals surface area contributed by atoms with Crippen molar-refractivity contribution in [3.8, 4) is 11.3 Å². The summed E-state index contributed by atoms with van der Waals surface area (Å²) in [5.41, 5.74) is 2.84. The highest BCUT2D eigenvalue weighted by atomic mass is 19.1. The standard InChI is InChI=1S/C18H13FN4O2/c19-10-3-4-12-16-14(17(24)22-12)9(11-2-1-5-20-11)8-13(15(10)16)23-7-6-21-18(23)25/h1-5,8,20H,6-7H2,(H,21,25)(H,22,24). The van der Waals surface area contributed by atoms with Gasteiger partial charge in [0.05, 0.1) is 11.3 Å². The molecule has 124 valence electrons. The highest BCUT2D eigenvalue weighted by Gasteiger charge is 2.32. The van der Waals surface area contributed by atoms with Gasteiger partial charge in [-0.2, -0.15) is 0 Å². The van der Waals surface area contributed by atoms with Crippen LogP contribution in [0.15, 0.2) is 36.5 Å². The zero-order valence-electron chi connectivity index (χ0n) is 13.0. The number of hydrogen-bond donors (Lipinski definition) is 3. The second-order valence-corrected chi connectivity index (χ2v) is 6.08. The van der Waals surface area contributed by atoms with Crippen LogP contribution in [0.25, 0.3) is 22.0 Å². The molecule has 1 aromatic heterocycles. The Labute approximate surface area is 141 Å². The predicted octanol–water partition coefficient (Wildman–Crippen LogP) is 3.07. The number of benzene rings is 2. The predicted molar refractivity (Wildman–Crippen MR) is 92.4 cm³/mol. The number of urea groups is 1. The fourth-order valence-electron chi connectivity index (χ4n) is 3.65. The molecule has 2 aliphatic heterocycles. The van der Waals surface area contributed by atoms with Crippen LogP contribution in [0.1, 0.15) is 10.4 Å². The van der Waals surface area contributed by atoms with Crippen LogP contribution >= 0.6 is 0 Å². The van der Waals surface area contributed by atoms with E-state index in [1.807, 2.05) is 12.1 Å². The molecule has 0 radical (unpaired) electrons. The fraction of sp³-hybridized carbons (Fsp3) is 0.111. The summed E-state index contributed by atoms with van der Waals surface area (Å²) < 4.78 is 14.7. The quantitative estimate of drug-likeness (QED) is 0.672. The highest BCUT2D eigenvalue weighted by molar-refractivity contribution is 6.29. The van der Waals surface area contributed by atoms with Crippen molar-refractivity contribution < 1.29 is 14.0 Å². The summed E-state index contributed by atoms with van der Waals surface area (Å²) in [6, 6.07) is 7.99. The number of anilines is 2. The molecule has 25 heavy (non-hydrogen) atoms. The van der Waals surface area contributed by atoms with Crippen LogP contribution in [0, 0.1) is 5.82 Å². The van der Waals surface area contributed by atoms with Gasteiger partial charge in [-0.3, -0.25) is 9.69 Å². The maximum atomic E-state index is 14.7. The number of rotatable bonds is 2. The van der Waals surface area contributed by atoms with Crippen molar-refractivity contribution in [2.24, 2.45) is 0 Å². The molecule has 0 aliphatic carbocycles. The molecule has 0 unspecified atom stereocenters. The molecule has 1 saturated heterocycles. The highest BCUT2D eigenvalue weighted by Crippen LogP contribution is 2.44. The molecule has 0 atom stereocenters. The summed E-state index contributed by atoms with van der Waals surface area (Å²) in [5.74, 6) is -0.725. The first kappa shape index (κ1) is 14.0. The number of aromatic amines is 1. The van der Waals surface area contributed by atoms with E-state index in [4.69, 9.17) is 0 Å². The topological polar surface area (TPSA) is 77.2 Å². The van der Waals surface area contributed by atoms with Gasteiger partial charge in [0, 0.05) is 47.0 Å². The van der Waals surface area contributed by atoms with Gasteiger partial charge in [0.1, 0.15) is 5.82 Å². The number of halogens is 1. The number of nitrogens with zero attached hydrogens (tertiary/aromatic N) is 1. The van der Waals surface area contributed by atoms with Crippen molar-refractivity contribution in [2.45, 2.75) is 0 Å². The molecular weight excluding hydrogens is 323 g/mol. The number of carbonyl (C=O) groups is 2. The summed E-state index contributed by atoms with van der Waals surface area (Å²) in [6.07, 6.45) is 1.76. The largest absolute Gasteiger partial charge is 0.361 e. The van der Waals surface area contributed by atoms with Gasteiger partial charge in [-0.25, -0.2) is 9.18 Å². The van der Waals surface area contributed by atoms with Gasteiger partial charge in [0.25, 0.3) is 5.91 Å². The molecule has 6 nitrogen and oxygen atoms in total. The Bertz CT molecular complexity index is 1060. The summed E-state index contributed by atoms with van der Waals surface area (Å²) in [7, 11) is 0. The van der Waals surface area contributed by atoms with Crippen molar-refractivity contribution >= 4 is 34.1 Å². The summed E-state index contributed by atoms with van der Waals surface area (Å²) >= 11 is 0. The van der Waals surface area contributed by atoms with E-state index >= 15 is 0 Å². The average Bonchev–Trinajstić information content (AvgIpc) is 3.32. The fourth-order valence-corrected chi connectivity index (χ4v) is 3.65. The summed E-state index contributed by atoms with van der Waals surface area (Å²) in [5, 5.41) is 6.34. The van der Waals surface area contributed by atoms with Gasteiger partial charge in [0.15, 0.2) is 0 Å². The van der Waals surface area contributed by atoms with E-state index in [1.165, 1.54) is 11.0 Å². The van der Waals surface area contributed by atoms with Crippen LogP contribution in [0.5, 0.6) is 0 Å². The first-order valence-electron chi connectivity index (χ1n) is 7.95. The molecule has 0 spiro atoms. The van der Waals surface area contributed by atoms with Crippen molar-refractivity contribution in [1.29, 1.82) is 0 Å². The van der Waals surface area contributed by atoms with E-state index in [0.29, 0.717) is 46.4 Å². The van der Waals surface area contributed by atoms with Crippen LogP contribution in [0.2, 0.25) is 0 Å². The van der Waals surface area contributed by atoms with Crippen molar-refractivity contribution in [3.05, 3.63) is 47.9 Å². The Morgan fingerprint density at radius 1 is 1.12 bits per heavy atom. The number of amides is 3. The van der Waals surface area contributed by atoms with Gasteiger partial charge < -0.3 is 15.6 Å². The lowest BCUT2D eigenvalue weighted by atomic mass is 9.95. The number of aromatic nitrogens is 1. The molecule has 0 bridgehead atoms. The molecule has 3 N–H and O–H groups in total. The Kier molecular flexibility index (Phi) is 2.71. The van der Waals surface area contributed by atoms with Crippen molar-refractivity contribution in [3.63, 3.8) is 0 Å². The SMILES string of the molecule is O=C1Nc2ccc(F)c3c(N4CCNC4=O)cc(-c4ccc[nH]4)c1c23. The summed E-state index contributed by atoms with van der Waals surface area (Å²) in [6.45, 7) is 0.945. The minimum atomic E-state index is -0.454. The van der Waals surface area contributed by atoms with Crippen LogP contribution in [-0.4, -0.2) is 30.0 Å². The second-order valence-electron chi connectivity index (χ2n) is 6.08. The average molecular weight is 336 g/mol. The van der Waals surface area contributed by atoms with E-state index in [0.717, 1.165) is 5.69 Å². The molecular formula is C18H13FN4O2. The maximum Gasteiger partial charge on any atom is 0.322 e. The van der Waals surface area contributed by atoms with Crippen LogP contribution < -0.4 is 15.5 Å². The molecule has 3 aromatic rings. The molecule has 1 fully saturated rings. The van der Waals surface area contributed by atoms with E-state index < -0.39 is 5.82 Å². The Balaban J connectivity index is 1.93. The Morgan fingerprint density at radius 2 is 2.00 bits per heavy atom. The lowest BCUT2D eigenvalue weighted by Crippen LogP contribution is -2.28. The van der Waals surface area contributed by atoms with Crippen molar-refractivity contribution in [1.82, 2.24) is 10.3 Å². The number of carbonyl (C=O) groups excluding carboxylic acids is 2. The van der Waals surface area contributed by atoms with Crippen molar-refractivity contribution in [2.75, 3.05) is 23.3 Å². The van der Waals surface area contributed by atoms with Gasteiger partial charge in [-0.1, -0.05) is 0 Å². The van der Waals surface area contributed by atoms with E-state index in [-0.39, 0.29) is 11.9 Å². The summed E-state index contributed by atoms with van der Waals surface area (Å²) in [4.78, 5) is 29.3. The normalized spacial score (nSPS) is 15.8. The minimum absolute atomic E-state index is 0.269. The van der Waals surface area contributed by atoms with E-state index in [9.17, 15) is 14.0 Å². The maximum absolute atomic E-state index is 14.7. The molecule has 5 rings (SSSR count). The van der Waals surface area contributed by atoms with Crippen LogP contribution in [0.3, 0.4) is 0 Å². The lowest BCUT2D eigenvalue weighted by molar-refractivity contribution is 0.103. The lowest BCUT2D eigenvalue weighted by Gasteiger charge is -2.19. The number of H-pyrrole nitrogens is 1. The van der Waals surface area contributed by atoms with Gasteiger partial charge in [-0.15, -0.1) is 0 Å². The third-order valence-electron chi connectivity index (χ3n) is 4.72. The van der Waals surface area contributed by atoms with Gasteiger partial charge in [-0.05, 0) is 30.3 Å². The van der Waals surface area contributed by atoms with Gasteiger partial charge in [0.2, 0.25) is 0 Å². The zero-order chi connectivity index (χ0) is 17.1. The minimum Gasteiger partial charge on any atom is -0.361 e. The van der Waals surface area contributed by atoms with Gasteiger partial charge >= 0.3 is 6.03 Å². The molecule has 2 aromatic carbocycles. The number of hydrogen-bond acceptors (Lipinski definition) is 2. The second kappa shape index (κ2) is 4.83. The first-order chi connectivity index (χ1) is 12.1. The van der Waals surface area contributed by atoms with E-state index in [1.54, 1.807) is 18.3 Å². The van der Waals surface area contributed by atoms with Crippen LogP contribution in [0.4, 0.5) is 20.6 Å². The zero-order valence-corrected chi connectivity index (χ0v) is 13.0. The third kappa shape index (κ3) is 1.83. The van der Waals surface area contributed by atoms with Crippen LogP contribution in [-0.2, 0) is 0 Å². The Hall–Kier alpha value is -3.35. The Morgan fingerprint density at radius 3 is 2.72 bits per heavy atom. The monoisotopic (exact) mass is 336 g/mol. The first-order valence-corrected chi connectivity index (χ1v) is 7.95. The molecule has 7 heteroatoms.